The fourth-order valence-corrected chi connectivity index (χ4v) is 1.75. The van der Waals surface area contributed by atoms with Crippen molar-refractivity contribution >= 4 is 22.9 Å². The predicted octanol–water partition coefficient (Wildman–Crippen LogP) is 1.06. The number of hydrogen-bond donors (Lipinski definition) is 4. The van der Waals surface area contributed by atoms with Crippen molar-refractivity contribution in [1.29, 1.82) is 5.41 Å². The van der Waals surface area contributed by atoms with Gasteiger partial charge in [-0.15, -0.1) is 0 Å². The number of nitrogens with two attached hydrogens (primary N) is 1. The van der Waals surface area contributed by atoms with Gasteiger partial charge in [0.25, 0.3) is 0 Å². The molecule has 0 aromatic rings. The molecule has 1 amide bonds. The molecule has 1 aliphatic heterocycles. The molecule has 0 radical (unpaired) electrons. The molecule has 0 aliphatic carbocycles. The highest BCUT2D eigenvalue weighted by molar-refractivity contribution is 6.68. The molecule has 5 N–H and O–H groups in total. The number of halogens is 1. The van der Waals surface area contributed by atoms with Crippen LogP contribution in [0.15, 0.2) is 11.5 Å². The van der Waals surface area contributed by atoms with Gasteiger partial charge in [0.2, 0.25) is 5.88 Å². The lowest BCUT2D eigenvalue weighted by Crippen LogP contribution is -2.41. The molecule has 1 saturated heterocycles. The van der Waals surface area contributed by atoms with Crippen LogP contribution in [0.25, 0.3) is 0 Å². The highest BCUT2D eigenvalue weighted by Gasteiger charge is 2.24. The van der Waals surface area contributed by atoms with E-state index in [2.05, 4.69) is 5.43 Å². The number of nitrogens with one attached hydrogen (secondary N) is 2. The first-order valence-electron chi connectivity index (χ1n) is 5.52. The van der Waals surface area contributed by atoms with E-state index in [4.69, 9.17) is 32.7 Å². The van der Waals surface area contributed by atoms with Gasteiger partial charge in [-0.05, 0) is 6.92 Å². The topological polar surface area (TPSA) is 112 Å². The molecule has 1 heterocycles. The number of piperidine rings is 1. The van der Waals surface area contributed by atoms with Crippen LogP contribution in [0.3, 0.4) is 0 Å². The van der Waals surface area contributed by atoms with Crippen LogP contribution in [0.1, 0.15) is 19.8 Å². The summed E-state index contributed by atoms with van der Waals surface area (Å²) in [7, 11) is 0. The van der Waals surface area contributed by atoms with Crippen molar-refractivity contribution in [3.8, 4) is 0 Å². The summed E-state index contributed by atoms with van der Waals surface area (Å²) < 4.78 is 5.59. The molecule has 0 bridgehead atoms. The third-order valence-corrected chi connectivity index (χ3v) is 3.08. The van der Waals surface area contributed by atoms with E-state index < -0.39 is 6.09 Å². The number of amides is 1. The smallest absolute Gasteiger partial charge is 0.407 e. The van der Waals surface area contributed by atoms with E-state index in [9.17, 15) is 4.79 Å². The lowest BCUT2D eigenvalue weighted by atomic mass is 10.1. The van der Waals surface area contributed by atoms with Crippen LogP contribution < -0.4 is 11.3 Å². The number of nitrogens with zero attached hydrogens (tertiary/aromatic N) is 1. The number of likely N-dealkylation sites (tertiary alicyclic amines) is 1. The highest BCUT2D eigenvalue weighted by atomic mass is 35.5. The first kappa shape index (κ1) is 14.6. The number of hydrogen-bond acceptors (Lipinski definition) is 5. The number of ether oxygens (including phenoxy) is 1. The molecule has 18 heavy (non-hydrogen) atoms. The Morgan fingerprint density at radius 2 is 2.11 bits per heavy atom. The minimum absolute atomic E-state index is 0.127. The largest absolute Gasteiger partial charge is 0.475 e. The van der Waals surface area contributed by atoms with Crippen LogP contribution in [0.5, 0.6) is 0 Å². The predicted molar refractivity (Wildman–Crippen MR) is 67.3 cm³/mol. The van der Waals surface area contributed by atoms with E-state index in [1.165, 1.54) is 4.90 Å². The van der Waals surface area contributed by atoms with Gasteiger partial charge in [0.1, 0.15) is 11.3 Å². The van der Waals surface area contributed by atoms with E-state index in [1.54, 1.807) is 6.92 Å². The maximum atomic E-state index is 10.7. The van der Waals surface area contributed by atoms with Crippen LogP contribution in [-0.2, 0) is 4.74 Å². The summed E-state index contributed by atoms with van der Waals surface area (Å²) in [5.74, 6) is 5.56. The van der Waals surface area contributed by atoms with Crippen LogP contribution in [-0.4, -0.2) is 40.5 Å². The Kier molecular flexibility index (Phi) is 5.24. The van der Waals surface area contributed by atoms with Crippen molar-refractivity contribution in [2.24, 2.45) is 5.84 Å². The quantitative estimate of drug-likeness (QED) is 0.265. The van der Waals surface area contributed by atoms with Gasteiger partial charge < -0.3 is 14.7 Å². The first-order valence-corrected chi connectivity index (χ1v) is 5.90. The molecular weight excluding hydrogens is 260 g/mol. The maximum Gasteiger partial charge on any atom is 0.407 e. The van der Waals surface area contributed by atoms with E-state index in [1.807, 2.05) is 0 Å². The SMILES string of the molecule is C/C(C(=N)Cl)=C(/NN)OC1CCN(C(=O)O)CC1. The van der Waals surface area contributed by atoms with Crippen LogP contribution in [0, 0.1) is 5.41 Å². The zero-order chi connectivity index (χ0) is 13.7. The Labute approximate surface area is 110 Å². The number of allylic oxidation sites excluding steroid dienone is 1. The van der Waals surface area contributed by atoms with E-state index in [-0.39, 0.29) is 17.2 Å². The molecule has 0 unspecified atom stereocenters. The Balaban J connectivity index is 2.56. The second-order valence-corrected chi connectivity index (χ2v) is 4.38. The van der Waals surface area contributed by atoms with Crippen LogP contribution >= 0.6 is 11.6 Å². The molecule has 8 heteroatoms. The second-order valence-electron chi connectivity index (χ2n) is 4.00. The summed E-state index contributed by atoms with van der Waals surface area (Å²) in [6.45, 7) is 2.47. The maximum absolute atomic E-state index is 10.7. The zero-order valence-electron chi connectivity index (χ0n) is 10.1. The summed E-state index contributed by atoms with van der Waals surface area (Å²) >= 11 is 5.55. The summed E-state index contributed by atoms with van der Waals surface area (Å²) in [4.78, 5) is 12.1. The molecule has 0 aromatic carbocycles. The van der Waals surface area contributed by atoms with Crippen molar-refractivity contribution < 1.29 is 14.6 Å². The Morgan fingerprint density at radius 1 is 1.56 bits per heavy atom. The van der Waals surface area contributed by atoms with Crippen molar-refractivity contribution in [2.45, 2.75) is 25.9 Å². The monoisotopic (exact) mass is 276 g/mol. The van der Waals surface area contributed by atoms with Crippen molar-refractivity contribution in [3.05, 3.63) is 11.5 Å². The number of carbonyl (C=O) groups is 1. The minimum atomic E-state index is -0.917. The fraction of sp³-hybridized carbons (Fsp3) is 0.600. The summed E-state index contributed by atoms with van der Waals surface area (Å²) in [6.07, 6.45) is 0.123. The third-order valence-electron chi connectivity index (χ3n) is 2.80. The van der Waals surface area contributed by atoms with Gasteiger partial charge in [0.15, 0.2) is 0 Å². The highest BCUT2D eigenvalue weighted by Crippen LogP contribution is 2.18. The van der Waals surface area contributed by atoms with E-state index in [0.717, 1.165) is 0 Å². The molecule has 7 nitrogen and oxygen atoms in total. The zero-order valence-corrected chi connectivity index (χ0v) is 10.8. The van der Waals surface area contributed by atoms with Gasteiger partial charge in [-0.2, -0.15) is 0 Å². The lowest BCUT2D eigenvalue weighted by Gasteiger charge is -2.31. The summed E-state index contributed by atoms with van der Waals surface area (Å²) in [6, 6.07) is 0. The van der Waals surface area contributed by atoms with Crippen LogP contribution in [0.4, 0.5) is 4.79 Å². The van der Waals surface area contributed by atoms with Gasteiger partial charge in [0, 0.05) is 31.5 Å². The van der Waals surface area contributed by atoms with E-state index >= 15 is 0 Å². The van der Waals surface area contributed by atoms with Gasteiger partial charge >= 0.3 is 6.09 Å². The number of carboxylic acid groups (broad SMARTS) is 1. The molecule has 0 saturated carbocycles. The van der Waals surface area contributed by atoms with Crippen molar-refractivity contribution in [2.75, 3.05) is 13.1 Å². The number of hydrazine groups is 1. The average Bonchev–Trinajstić information content (AvgIpc) is 2.35. The molecule has 1 fully saturated rings. The fourth-order valence-electron chi connectivity index (χ4n) is 1.66. The first-order chi connectivity index (χ1) is 8.45. The minimum Gasteiger partial charge on any atom is -0.475 e. The Hall–Kier alpha value is -1.47. The normalized spacial score (nSPS) is 18.1. The summed E-state index contributed by atoms with van der Waals surface area (Å²) in [5.41, 5.74) is 2.78. The molecular formula is C10H17ClN4O3. The van der Waals surface area contributed by atoms with Crippen molar-refractivity contribution in [3.63, 3.8) is 0 Å². The van der Waals surface area contributed by atoms with E-state index in [0.29, 0.717) is 31.5 Å². The van der Waals surface area contributed by atoms with Crippen LogP contribution in [0.2, 0.25) is 0 Å². The van der Waals surface area contributed by atoms with Gasteiger partial charge in [-0.25, -0.2) is 10.6 Å². The second kappa shape index (κ2) is 6.46. The molecule has 1 aliphatic rings. The van der Waals surface area contributed by atoms with Gasteiger partial charge in [-0.1, -0.05) is 11.6 Å². The van der Waals surface area contributed by atoms with Gasteiger partial charge in [0.05, 0.1) is 0 Å². The molecule has 0 aromatic heterocycles. The third kappa shape index (κ3) is 3.78. The molecule has 0 spiro atoms. The molecule has 102 valence electrons. The standard InChI is InChI=1S/C10H17ClN4O3/c1-6(8(11)12)9(14-13)18-7-2-4-15(5-3-7)10(16)17/h7,12,14H,2-5,13H2,1H3,(H,16,17)/b9-6+,12-8?. The molecule has 0 atom stereocenters. The average molecular weight is 277 g/mol. The Bertz CT molecular complexity index is 364. The summed E-state index contributed by atoms with van der Waals surface area (Å²) in [5, 5.41) is 15.9. The van der Waals surface area contributed by atoms with Gasteiger partial charge in [-0.3, -0.25) is 10.8 Å². The Morgan fingerprint density at radius 3 is 2.50 bits per heavy atom. The lowest BCUT2D eigenvalue weighted by molar-refractivity contribution is 0.0417. The number of rotatable bonds is 4. The van der Waals surface area contributed by atoms with Crippen molar-refractivity contribution in [1.82, 2.24) is 10.3 Å². The molecule has 1 rings (SSSR count).